The highest BCUT2D eigenvalue weighted by Crippen LogP contribution is 2.08. The maximum atomic E-state index is 5.74. The maximum Gasteiger partial charge on any atom is 0.126 e. The van der Waals surface area contributed by atoms with Crippen LogP contribution in [0.15, 0.2) is 12.0 Å². The Bertz CT molecular complexity index is 259. The van der Waals surface area contributed by atoms with Crippen LogP contribution in [-0.4, -0.2) is 75.6 Å². The molecule has 5 heteroatoms. The summed E-state index contributed by atoms with van der Waals surface area (Å²) in [5.41, 5.74) is 0. The first-order chi connectivity index (χ1) is 8.88. The predicted octanol–water partition coefficient (Wildman–Crippen LogP) is 0.529. The second-order valence-corrected chi connectivity index (χ2v) is 4.57. The monoisotopic (exact) mass is 256 g/mol. The van der Waals surface area contributed by atoms with E-state index in [1.165, 1.54) is 0 Å². The first kappa shape index (κ1) is 13.6. The largest absolute Gasteiger partial charge is 0.495 e. The Labute approximate surface area is 109 Å². The van der Waals surface area contributed by atoms with Gasteiger partial charge in [-0.05, 0) is 6.92 Å². The smallest absolute Gasteiger partial charge is 0.126 e. The highest BCUT2D eigenvalue weighted by Gasteiger charge is 2.14. The highest BCUT2D eigenvalue weighted by molar-refractivity contribution is 4.97. The Kier molecular flexibility index (Phi) is 5.77. The van der Waals surface area contributed by atoms with Crippen molar-refractivity contribution in [3.8, 4) is 0 Å². The van der Waals surface area contributed by atoms with Gasteiger partial charge in [0.05, 0.1) is 39.6 Å². The van der Waals surface area contributed by atoms with Crippen molar-refractivity contribution < 1.29 is 14.2 Å². The van der Waals surface area contributed by atoms with Crippen molar-refractivity contribution in [3.63, 3.8) is 0 Å². The number of ether oxygens (including phenoxy) is 3. The summed E-state index contributed by atoms with van der Waals surface area (Å²) in [6.45, 7) is 10.8. The number of rotatable bonds is 5. The lowest BCUT2D eigenvalue weighted by Gasteiger charge is -2.30. The van der Waals surface area contributed by atoms with E-state index in [0.29, 0.717) is 0 Å². The van der Waals surface area contributed by atoms with Gasteiger partial charge in [0.1, 0.15) is 5.76 Å². The van der Waals surface area contributed by atoms with Gasteiger partial charge < -0.3 is 19.1 Å². The van der Waals surface area contributed by atoms with Crippen LogP contribution in [0.2, 0.25) is 0 Å². The van der Waals surface area contributed by atoms with Crippen LogP contribution in [-0.2, 0) is 14.2 Å². The summed E-state index contributed by atoms with van der Waals surface area (Å²) >= 11 is 0. The normalized spacial score (nSPS) is 23.2. The average Bonchev–Trinajstić information content (AvgIpc) is 2.41. The molecule has 0 amide bonds. The van der Waals surface area contributed by atoms with Crippen molar-refractivity contribution in [2.24, 2.45) is 0 Å². The summed E-state index contributed by atoms with van der Waals surface area (Å²) in [5.74, 6) is 1.06. The van der Waals surface area contributed by atoms with Crippen molar-refractivity contribution in [2.75, 3.05) is 65.8 Å². The third-order valence-corrected chi connectivity index (χ3v) is 3.19. The molecule has 0 aromatic carbocycles. The van der Waals surface area contributed by atoms with E-state index in [1.54, 1.807) is 0 Å². The topological polar surface area (TPSA) is 34.2 Å². The Morgan fingerprint density at radius 3 is 2.28 bits per heavy atom. The second kappa shape index (κ2) is 7.61. The van der Waals surface area contributed by atoms with Crippen LogP contribution >= 0.6 is 0 Å². The summed E-state index contributed by atoms with van der Waals surface area (Å²) in [6.07, 6.45) is 2.15. The molecule has 0 saturated carbocycles. The van der Waals surface area contributed by atoms with E-state index in [4.69, 9.17) is 14.2 Å². The van der Waals surface area contributed by atoms with E-state index < -0.39 is 0 Å². The predicted molar refractivity (Wildman–Crippen MR) is 69.4 cm³/mol. The molecule has 104 valence electrons. The molecule has 2 aliphatic rings. The molecular formula is C13H24N2O3. The van der Waals surface area contributed by atoms with Crippen LogP contribution in [0.25, 0.3) is 0 Å². The van der Waals surface area contributed by atoms with Crippen LogP contribution in [0.1, 0.15) is 6.92 Å². The van der Waals surface area contributed by atoms with Crippen molar-refractivity contribution >= 4 is 0 Å². The van der Waals surface area contributed by atoms with Crippen molar-refractivity contribution in [1.29, 1.82) is 0 Å². The third kappa shape index (κ3) is 4.48. The Morgan fingerprint density at radius 2 is 1.67 bits per heavy atom. The molecule has 5 nitrogen and oxygen atoms in total. The van der Waals surface area contributed by atoms with Gasteiger partial charge in [0.25, 0.3) is 0 Å². The zero-order valence-corrected chi connectivity index (χ0v) is 11.3. The Morgan fingerprint density at radius 1 is 1.06 bits per heavy atom. The van der Waals surface area contributed by atoms with Gasteiger partial charge in [-0.15, -0.1) is 0 Å². The van der Waals surface area contributed by atoms with Gasteiger partial charge in [-0.1, -0.05) is 0 Å². The summed E-state index contributed by atoms with van der Waals surface area (Å²) in [4.78, 5) is 4.67. The van der Waals surface area contributed by atoms with E-state index in [-0.39, 0.29) is 0 Å². The number of hydrogen-bond donors (Lipinski definition) is 0. The molecule has 0 aromatic rings. The van der Waals surface area contributed by atoms with Crippen LogP contribution in [0.3, 0.4) is 0 Å². The number of nitrogens with zero attached hydrogens (tertiary/aromatic N) is 2. The number of hydrogen-bond acceptors (Lipinski definition) is 5. The molecule has 0 aromatic heterocycles. The molecule has 0 atom stereocenters. The molecule has 0 bridgehead atoms. The lowest BCUT2D eigenvalue weighted by atomic mass is 10.3. The standard InChI is InChI=1S/C13H24N2O3/c1-2-18-13(11-14-3-7-16-8-4-14)12-15-5-9-17-10-6-15/h11H,2-10,12H2,1H3. The minimum absolute atomic E-state index is 0.723. The van der Waals surface area contributed by atoms with Gasteiger partial charge in [0.15, 0.2) is 0 Å². The molecular weight excluding hydrogens is 232 g/mol. The average molecular weight is 256 g/mol. The summed E-state index contributed by atoms with van der Waals surface area (Å²) in [7, 11) is 0. The van der Waals surface area contributed by atoms with Crippen LogP contribution in [0.4, 0.5) is 0 Å². The second-order valence-electron chi connectivity index (χ2n) is 4.57. The van der Waals surface area contributed by atoms with Crippen molar-refractivity contribution in [1.82, 2.24) is 9.80 Å². The van der Waals surface area contributed by atoms with Gasteiger partial charge in [0.2, 0.25) is 0 Å². The molecule has 0 spiro atoms. The Balaban J connectivity index is 1.86. The van der Waals surface area contributed by atoms with E-state index in [9.17, 15) is 0 Å². The minimum atomic E-state index is 0.723. The zero-order valence-electron chi connectivity index (χ0n) is 11.3. The molecule has 2 fully saturated rings. The van der Waals surface area contributed by atoms with Gasteiger partial charge in [-0.2, -0.15) is 0 Å². The van der Waals surface area contributed by atoms with Crippen LogP contribution < -0.4 is 0 Å². The van der Waals surface area contributed by atoms with Crippen molar-refractivity contribution in [2.45, 2.75) is 6.92 Å². The molecule has 0 radical (unpaired) electrons. The fraction of sp³-hybridized carbons (Fsp3) is 0.846. The van der Waals surface area contributed by atoms with E-state index in [1.807, 2.05) is 6.92 Å². The molecule has 18 heavy (non-hydrogen) atoms. The molecule has 0 aliphatic carbocycles. The quantitative estimate of drug-likeness (QED) is 0.670. The summed E-state index contributed by atoms with van der Waals surface area (Å²) in [6, 6.07) is 0. The molecule has 2 aliphatic heterocycles. The number of morpholine rings is 2. The van der Waals surface area contributed by atoms with Gasteiger partial charge in [-0.3, -0.25) is 4.90 Å². The minimum Gasteiger partial charge on any atom is -0.495 e. The molecule has 2 saturated heterocycles. The maximum absolute atomic E-state index is 5.74. The van der Waals surface area contributed by atoms with Gasteiger partial charge in [-0.25, -0.2) is 0 Å². The Hall–Kier alpha value is -0.780. The molecule has 2 rings (SSSR count). The van der Waals surface area contributed by atoms with Gasteiger partial charge in [0, 0.05) is 32.4 Å². The van der Waals surface area contributed by atoms with Crippen LogP contribution in [0, 0.1) is 0 Å². The zero-order chi connectivity index (χ0) is 12.6. The molecule has 0 unspecified atom stereocenters. The summed E-state index contributed by atoms with van der Waals surface area (Å²) < 4.78 is 16.5. The van der Waals surface area contributed by atoms with E-state index in [0.717, 1.165) is 71.5 Å². The highest BCUT2D eigenvalue weighted by atomic mass is 16.5. The molecule has 2 heterocycles. The SMILES string of the molecule is CCOC(=CN1CCOCC1)CN1CCOCC1. The first-order valence-electron chi connectivity index (χ1n) is 6.84. The summed E-state index contributed by atoms with van der Waals surface area (Å²) in [5, 5.41) is 0. The fourth-order valence-corrected chi connectivity index (χ4v) is 2.20. The van der Waals surface area contributed by atoms with E-state index >= 15 is 0 Å². The van der Waals surface area contributed by atoms with Gasteiger partial charge >= 0.3 is 0 Å². The molecule has 0 N–H and O–H groups in total. The van der Waals surface area contributed by atoms with Crippen molar-refractivity contribution in [3.05, 3.63) is 12.0 Å². The first-order valence-corrected chi connectivity index (χ1v) is 6.84. The van der Waals surface area contributed by atoms with E-state index in [2.05, 4.69) is 16.0 Å². The fourth-order valence-electron chi connectivity index (χ4n) is 2.20. The van der Waals surface area contributed by atoms with Crippen LogP contribution in [0.5, 0.6) is 0 Å². The lowest BCUT2D eigenvalue weighted by molar-refractivity contribution is 0.0318. The third-order valence-electron chi connectivity index (χ3n) is 3.19. The lowest BCUT2D eigenvalue weighted by Crippen LogP contribution is -2.38.